The zero-order valence-electron chi connectivity index (χ0n) is 12.3. The monoisotopic (exact) mass is 265 g/mol. The summed E-state index contributed by atoms with van der Waals surface area (Å²) in [5.41, 5.74) is 0. The second-order valence-electron chi connectivity index (χ2n) is 5.35. The smallest absolute Gasteiger partial charge is 0.122 e. The van der Waals surface area contributed by atoms with Gasteiger partial charge in [0.1, 0.15) is 5.82 Å². The van der Waals surface area contributed by atoms with Gasteiger partial charge in [0.15, 0.2) is 0 Å². The summed E-state index contributed by atoms with van der Waals surface area (Å²) in [6, 6.07) is 0. The number of rotatable bonds is 7. The van der Waals surface area contributed by atoms with E-state index in [-0.39, 0.29) is 0 Å². The molecule has 0 aliphatic carbocycles. The summed E-state index contributed by atoms with van der Waals surface area (Å²) >= 11 is 0. The fourth-order valence-corrected chi connectivity index (χ4v) is 2.68. The van der Waals surface area contributed by atoms with E-state index < -0.39 is 0 Å². The van der Waals surface area contributed by atoms with Crippen LogP contribution in [0.25, 0.3) is 0 Å². The maximum Gasteiger partial charge on any atom is 0.122 e. The molecule has 0 saturated carbocycles. The molecule has 4 nitrogen and oxygen atoms in total. The number of hydrogen-bond donors (Lipinski definition) is 0. The van der Waals surface area contributed by atoms with Crippen LogP contribution in [0.4, 0.5) is 0 Å². The van der Waals surface area contributed by atoms with E-state index >= 15 is 0 Å². The van der Waals surface area contributed by atoms with Crippen molar-refractivity contribution in [3.8, 4) is 0 Å². The third-order valence-corrected chi connectivity index (χ3v) is 3.81. The molecule has 2 rings (SSSR count). The Hall–Kier alpha value is -0.870. The average Bonchev–Trinajstić information content (AvgIpc) is 2.87. The molecule has 0 aromatic carbocycles. The molecule has 2 heterocycles. The van der Waals surface area contributed by atoms with Crippen LogP contribution >= 0.6 is 0 Å². The molecule has 4 heteroatoms. The third kappa shape index (κ3) is 4.32. The van der Waals surface area contributed by atoms with E-state index in [1.807, 2.05) is 6.20 Å². The molecule has 108 valence electrons. The molecule has 1 aliphatic heterocycles. The molecule has 19 heavy (non-hydrogen) atoms. The molecule has 1 atom stereocenters. The Morgan fingerprint density at radius 3 is 3.00 bits per heavy atom. The van der Waals surface area contributed by atoms with E-state index in [0.717, 1.165) is 39.2 Å². The molecule has 1 saturated heterocycles. The second-order valence-corrected chi connectivity index (χ2v) is 5.35. The molecule has 0 unspecified atom stereocenters. The lowest BCUT2D eigenvalue weighted by Crippen LogP contribution is -2.36. The predicted molar refractivity (Wildman–Crippen MR) is 77.1 cm³/mol. The minimum Gasteiger partial charge on any atom is -0.377 e. The van der Waals surface area contributed by atoms with Crippen molar-refractivity contribution in [1.29, 1.82) is 0 Å². The topological polar surface area (TPSA) is 30.3 Å². The Bertz CT molecular complexity index is 358. The number of hydrogen-bond acceptors (Lipinski definition) is 3. The fraction of sp³-hybridized carbons (Fsp3) is 0.800. The first-order valence-corrected chi connectivity index (χ1v) is 7.67. The van der Waals surface area contributed by atoms with Gasteiger partial charge in [-0.05, 0) is 32.2 Å². The van der Waals surface area contributed by atoms with Crippen molar-refractivity contribution in [3.05, 3.63) is 18.2 Å². The first kappa shape index (κ1) is 14.5. The summed E-state index contributed by atoms with van der Waals surface area (Å²) in [5.74, 6) is 1.18. The lowest BCUT2D eigenvalue weighted by atomic mass is 10.1. The summed E-state index contributed by atoms with van der Waals surface area (Å²) in [6.45, 7) is 9.45. The molecule has 0 N–H and O–H groups in total. The van der Waals surface area contributed by atoms with Gasteiger partial charge in [-0.3, -0.25) is 4.90 Å². The summed E-state index contributed by atoms with van der Waals surface area (Å²) in [4.78, 5) is 6.95. The van der Waals surface area contributed by atoms with E-state index in [0.29, 0.717) is 6.10 Å². The highest BCUT2D eigenvalue weighted by atomic mass is 16.5. The van der Waals surface area contributed by atoms with Crippen LogP contribution < -0.4 is 0 Å². The lowest BCUT2D eigenvalue weighted by Gasteiger charge is -2.29. The number of imidazole rings is 1. The molecule has 0 spiro atoms. The Morgan fingerprint density at radius 2 is 2.32 bits per heavy atom. The first-order chi connectivity index (χ1) is 9.33. The quantitative estimate of drug-likeness (QED) is 0.759. The molecular weight excluding hydrogens is 238 g/mol. The summed E-state index contributed by atoms with van der Waals surface area (Å²) in [5, 5.41) is 0. The highest BCUT2D eigenvalue weighted by Crippen LogP contribution is 2.15. The zero-order chi connectivity index (χ0) is 13.5. The molecule has 1 fully saturated rings. The maximum atomic E-state index is 5.84. The van der Waals surface area contributed by atoms with Crippen molar-refractivity contribution >= 4 is 0 Å². The van der Waals surface area contributed by atoms with Gasteiger partial charge in [0.05, 0.1) is 12.6 Å². The van der Waals surface area contributed by atoms with Gasteiger partial charge in [-0.1, -0.05) is 13.8 Å². The van der Waals surface area contributed by atoms with E-state index in [4.69, 9.17) is 4.74 Å². The molecule has 0 radical (unpaired) electrons. The van der Waals surface area contributed by atoms with Crippen LogP contribution in [0.1, 0.15) is 45.4 Å². The summed E-state index contributed by atoms with van der Waals surface area (Å²) in [6.07, 6.45) is 9.32. The van der Waals surface area contributed by atoms with Crippen LogP contribution in [0.3, 0.4) is 0 Å². The Balaban J connectivity index is 1.88. The molecule has 1 aromatic heterocycles. The van der Waals surface area contributed by atoms with E-state index in [1.54, 1.807) is 0 Å². The number of nitrogens with zero attached hydrogens (tertiary/aromatic N) is 3. The minimum atomic E-state index is 0.420. The fourth-order valence-electron chi connectivity index (χ4n) is 2.68. The predicted octanol–water partition coefficient (Wildman–Crippen LogP) is 2.68. The highest BCUT2D eigenvalue weighted by molar-refractivity contribution is 4.92. The van der Waals surface area contributed by atoms with Gasteiger partial charge in [-0.15, -0.1) is 0 Å². The second kappa shape index (κ2) is 7.65. The number of ether oxygens (including phenoxy) is 1. The summed E-state index contributed by atoms with van der Waals surface area (Å²) < 4.78 is 8.11. The molecule has 1 aliphatic rings. The molecular formula is C15H27N3O. The van der Waals surface area contributed by atoms with Crippen molar-refractivity contribution < 1.29 is 4.74 Å². The first-order valence-electron chi connectivity index (χ1n) is 7.67. The summed E-state index contributed by atoms with van der Waals surface area (Å²) in [7, 11) is 0. The van der Waals surface area contributed by atoms with Crippen LogP contribution in [0, 0.1) is 0 Å². The van der Waals surface area contributed by atoms with Gasteiger partial charge in [-0.2, -0.15) is 0 Å². The van der Waals surface area contributed by atoms with E-state index in [2.05, 4.69) is 34.5 Å². The molecule has 0 bridgehead atoms. The van der Waals surface area contributed by atoms with Gasteiger partial charge in [0.2, 0.25) is 0 Å². The van der Waals surface area contributed by atoms with Gasteiger partial charge in [-0.25, -0.2) is 4.98 Å². The average molecular weight is 265 g/mol. The standard InChI is InChI=1S/C15H27N3O/c1-3-9-18-10-8-16-15(18)13-17(4-2)12-14-7-5-6-11-19-14/h8,10,14H,3-7,9,11-13H2,1-2H3/t14-/m0/s1. The minimum absolute atomic E-state index is 0.420. The van der Waals surface area contributed by atoms with E-state index in [1.165, 1.54) is 25.1 Å². The SMILES string of the molecule is CCCn1ccnc1CN(CC)C[C@@H]1CCCCO1. The van der Waals surface area contributed by atoms with Crippen LogP contribution in [0.5, 0.6) is 0 Å². The number of likely N-dealkylation sites (N-methyl/N-ethyl adjacent to an activating group) is 1. The largest absolute Gasteiger partial charge is 0.377 e. The lowest BCUT2D eigenvalue weighted by molar-refractivity contribution is -0.00677. The van der Waals surface area contributed by atoms with Crippen LogP contribution in [-0.4, -0.2) is 40.3 Å². The normalized spacial score (nSPS) is 20.1. The van der Waals surface area contributed by atoms with Crippen molar-refractivity contribution in [1.82, 2.24) is 14.5 Å². The Kier molecular flexibility index (Phi) is 5.86. The van der Waals surface area contributed by atoms with E-state index in [9.17, 15) is 0 Å². The Morgan fingerprint density at radius 1 is 1.42 bits per heavy atom. The zero-order valence-corrected chi connectivity index (χ0v) is 12.3. The van der Waals surface area contributed by atoms with Crippen LogP contribution in [0.15, 0.2) is 12.4 Å². The van der Waals surface area contributed by atoms with Crippen LogP contribution in [0.2, 0.25) is 0 Å². The molecule has 0 amide bonds. The van der Waals surface area contributed by atoms with Crippen molar-refractivity contribution in [2.75, 3.05) is 19.7 Å². The number of aromatic nitrogens is 2. The van der Waals surface area contributed by atoms with Gasteiger partial charge in [0, 0.05) is 32.1 Å². The highest BCUT2D eigenvalue weighted by Gasteiger charge is 2.18. The number of aryl methyl sites for hydroxylation is 1. The molecule has 1 aromatic rings. The Labute approximate surface area is 116 Å². The van der Waals surface area contributed by atoms with Crippen molar-refractivity contribution in [2.24, 2.45) is 0 Å². The van der Waals surface area contributed by atoms with Gasteiger partial charge >= 0.3 is 0 Å². The maximum absolute atomic E-state index is 5.84. The van der Waals surface area contributed by atoms with Gasteiger partial charge < -0.3 is 9.30 Å². The van der Waals surface area contributed by atoms with Crippen LogP contribution in [-0.2, 0) is 17.8 Å². The third-order valence-electron chi connectivity index (χ3n) is 3.81. The van der Waals surface area contributed by atoms with Gasteiger partial charge in [0.25, 0.3) is 0 Å². The van der Waals surface area contributed by atoms with Crippen molar-refractivity contribution in [2.45, 2.75) is 58.7 Å². The van der Waals surface area contributed by atoms with Crippen molar-refractivity contribution in [3.63, 3.8) is 0 Å².